The molecule has 0 N–H and O–H groups in total. The summed E-state index contributed by atoms with van der Waals surface area (Å²) in [4.78, 5) is 13.5. The molecule has 0 aliphatic rings. The lowest BCUT2D eigenvalue weighted by molar-refractivity contribution is 0.0772. The van der Waals surface area contributed by atoms with E-state index < -0.39 is 5.82 Å². The van der Waals surface area contributed by atoms with Crippen molar-refractivity contribution in [2.75, 3.05) is 13.1 Å². The third-order valence-corrected chi connectivity index (χ3v) is 3.52. The van der Waals surface area contributed by atoms with Gasteiger partial charge in [-0.1, -0.05) is 11.6 Å². The number of halogens is 3. The molecule has 1 aromatic rings. The van der Waals surface area contributed by atoms with Gasteiger partial charge < -0.3 is 4.90 Å². The first-order chi connectivity index (χ1) is 7.51. The third kappa shape index (κ3) is 2.74. The number of benzene rings is 1. The Morgan fingerprint density at radius 3 is 2.44 bits per heavy atom. The maximum Gasteiger partial charge on any atom is 0.253 e. The first-order valence-electron chi connectivity index (χ1n) is 4.95. The Bertz CT molecular complexity index is 384. The van der Waals surface area contributed by atoms with Crippen LogP contribution in [0.5, 0.6) is 0 Å². The normalized spacial score (nSPS) is 10.3. The van der Waals surface area contributed by atoms with E-state index >= 15 is 0 Å². The van der Waals surface area contributed by atoms with E-state index in [1.807, 2.05) is 13.8 Å². The minimum absolute atomic E-state index is 0.00361. The van der Waals surface area contributed by atoms with Gasteiger partial charge in [0.2, 0.25) is 0 Å². The fraction of sp³-hybridized carbons (Fsp3) is 0.364. The molecular weight excluding hydrogens is 296 g/mol. The second-order valence-electron chi connectivity index (χ2n) is 3.23. The molecule has 0 unspecified atom stereocenters. The summed E-state index contributed by atoms with van der Waals surface area (Å²) in [5, 5.41) is -0.00361. The summed E-state index contributed by atoms with van der Waals surface area (Å²) in [7, 11) is 0. The molecule has 2 nitrogen and oxygen atoms in total. The van der Waals surface area contributed by atoms with Gasteiger partial charge in [0.25, 0.3) is 5.91 Å². The number of carbonyl (C=O) groups excluding carboxylic acids is 1. The molecule has 0 spiro atoms. The molecule has 0 aliphatic heterocycles. The summed E-state index contributed by atoms with van der Waals surface area (Å²) >= 11 is 8.77. The molecule has 5 heteroatoms. The van der Waals surface area contributed by atoms with E-state index in [1.54, 1.807) is 4.90 Å². The van der Waals surface area contributed by atoms with Crippen molar-refractivity contribution in [3.05, 3.63) is 33.0 Å². The van der Waals surface area contributed by atoms with Gasteiger partial charge in [-0.25, -0.2) is 4.39 Å². The average Bonchev–Trinajstić information content (AvgIpc) is 2.26. The summed E-state index contributed by atoms with van der Waals surface area (Å²) in [5.41, 5.74) is 0.303. The fourth-order valence-electron chi connectivity index (χ4n) is 1.37. The van der Waals surface area contributed by atoms with Gasteiger partial charge in [0.15, 0.2) is 0 Å². The molecule has 0 saturated heterocycles. The topological polar surface area (TPSA) is 20.3 Å². The lowest BCUT2D eigenvalue weighted by Crippen LogP contribution is -2.30. The van der Waals surface area contributed by atoms with Crippen molar-refractivity contribution >= 4 is 33.4 Å². The third-order valence-electron chi connectivity index (χ3n) is 2.28. The van der Waals surface area contributed by atoms with E-state index in [0.717, 1.165) is 6.07 Å². The van der Waals surface area contributed by atoms with Crippen molar-refractivity contribution in [1.29, 1.82) is 0 Å². The van der Waals surface area contributed by atoms with Crippen LogP contribution in [-0.4, -0.2) is 23.9 Å². The molecule has 0 aromatic heterocycles. The summed E-state index contributed by atoms with van der Waals surface area (Å²) in [5.74, 6) is -0.784. The van der Waals surface area contributed by atoms with Crippen LogP contribution < -0.4 is 0 Å². The monoisotopic (exact) mass is 307 g/mol. The molecular formula is C11H12BrClFNO. The molecule has 0 heterocycles. The molecule has 0 radical (unpaired) electrons. The highest BCUT2D eigenvalue weighted by atomic mass is 79.9. The number of amides is 1. The molecule has 1 amide bonds. The molecule has 0 fully saturated rings. The number of carbonyl (C=O) groups is 1. The Labute approximate surface area is 108 Å². The molecule has 16 heavy (non-hydrogen) atoms. The largest absolute Gasteiger partial charge is 0.339 e. The van der Waals surface area contributed by atoms with Gasteiger partial charge in [-0.2, -0.15) is 0 Å². The van der Waals surface area contributed by atoms with Crippen molar-refractivity contribution in [1.82, 2.24) is 4.90 Å². The van der Waals surface area contributed by atoms with E-state index in [2.05, 4.69) is 15.9 Å². The van der Waals surface area contributed by atoms with Crippen LogP contribution in [0.15, 0.2) is 16.6 Å². The van der Waals surface area contributed by atoms with Gasteiger partial charge in [0.05, 0.1) is 5.02 Å². The van der Waals surface area contributed by atoms with Crippen LogP contribution in [0.4, 0.5) is 4.39 Å². The van der Waals surface area contributed by atoms with E-state index in [9.17, 15) is 9.18 Å². The summed E-state index contributed by atoms with van der Waals surface area (Å²) in [6.45, 7) is 4.94. The van der Waals surface area contributed by atoms with E-state index in [1.165, 1.54) is 6.07 Å². The summed E-state index contributed by atoms with van der Waals surface area (Å²) in [6.07, 6.45) is 0. The maximum absolute atomic E-state index is 13.3. The van der Waals surface area contributed by atoms with Crippen LogP contribution >= 0.6 is 27.5 Å². The Kier molecular flexibility index (Phi) is 4.74. The molecule has 0 aliphatic carbocycles. The van der Waals surface area contributed by atoms with Crippen LogP contribution in [0.25, 0.3) is 0 Å². The van der Waals surface area contributed by atoms with Crippen LogP contribution in [0.1, 0.15) is 24.2 Å². The summed E-state index contributed by atoms with van der Waals surface area (Å²) < 4.78 is 13.7. The van der Waals surface area contributed by atoms with E-state index in [0.29, 0.717) is 23.1 Å². The average molecular weight is 309 g/mol. The SMILES string of the molecule is CCN(CC)C(=O)c1cc(F)c(Cl)c(Br)c1. The number of nitrogens with zero attached hydrogens (tertiary/aromatic N) is 1. The Balaban J connectivity index is 3.10. The lowest BCUT2D eigenvalue weighted by atomic mass is 10.2. The van der Waals surface area contributed by atoms with Crippen LogP contribution in [0.2, 0.25) is 5.02 Å². The molecule has 0 bridgehead atoms. The van der Waals surface area contributed by atoms with E-state index in [4.69, 9.17) is 11.6 Å². The first-order valence-corrected chi connectivity index (χ1v) is 6.12. The Morgan fingerprint density at radius 1 is 1.44 bits per heavy atom. The van der Waals surface area contributed by atoms with Gasteiger partial charge in [-0.05, 0) is 41.9 Å². The van der Waals surface area contributed by atoms with Crippen LogP contribution in [0.3, 0.4) is 0 Å². The second kappa shape index (κ2) is 5.64. The Morgan fingerprint density at radius 2 is 2.00 bits per heavy atom. The van der Waals surface area contributed by atoms with Crippen LogP contribution in [0, 0.1) is 5.82 Å². The van der Waals surface area contributed by atoms with Crippen molar-refractivity contribution in [2.45, 2.75) is 13.8 Å². The predicted molar refractivity (Wildman–Crippen MR) is 66.4 cm³/mol. The highest BCUT2D eigenvalue weighted by Gasteiger charge is 2.16. The summed E-state index contributed by atoms with van der Waals surface area (Å²) in [6, 6.07) is 2.69. The van der Waals surface area contributed by atoms with Gasteiger partial charge in [-0.15, -0.1) is 0 Å². The van der Waals surface area contributed by atoms with Crippen molar-refractivity contribution in [2.24, 2.45) is 0 Å². The number of hydrogen-bond acceptors (Lipinski definition) is 1. The molecule has 1 aromatic carbocycles. The van der Waals surface area contributed by atoms with Gasteiger partial charge >= 0.3 is 0 Å². The minimum Gasteiger partial charge on any atom is -0.339 e. The zero-order chi connectivity index (χ0) is 12.3. The molecule has 88 valence electrons. The van der Waals surface area contributed by atoms with Gasteiger partial charge in [0, 0.05) is 23.1 Å². The highest BCUT2D eigenvalue weighted by Crippen LogP contribution is 2.27. The molecule has 0 atom stereocenters. The minimum atomic E-state index is -0.591. The molecule has 0 saturated carbocycles. The van der Waals surface area contributed by atoms with E-state index in [-0.39, 0.29) is 10.9 Å². The molecule has 1 rings (SSSR count). The predicted octanol–water partition coefficient (Wildman–Crippen LogP) is 3.72. The van der Waals surface area contributed by atoms with Crippen molar-refractivity contribution in [3.63, 3.8) is 0 Å². The van der Waals surface area contributed by atoms with Gasteiger partial charge in [0.1, 0.15) is 5.82 Å². The fourth-order valence-corrected chi connectivity index (χ4v) is 1.92. The maximum atomic E-state index is 13.3. The smallest absolute Gasteiger partial charge is 0.253 e. The number of hydrogen-bond donors (Lipinski definition) is 0. The lowest BCUT2D eigenvalue weighted by Gasteiger charge is -2.18. The number of rotatable bonds is 3. The van der Waals surface area contributed by atoms with Gasteiger partial charge in [-0.3, -0.25) is 4.79 Å². The standard InChI is InChI=1S/C11H12BrClFNO/c1-3-15(4-2)11(16)7-5-8(12)10(13)9(14)6-7/h5-6H,3-4H2,1-2H3. The first kappa shape index (κ1) is 13.5. The second-order valence-corrected chi connectivity index (χ2v) is 4.46. The zero-order valence-corrected chi connectivity index (χ0v) is 11.4. The Hall–Kier alpha value is -0.610. The van der Waals surface area contributed by atoms with Crippen molar-refractivity contribution in [3.8, 4) is 0 Å². The highest BCUT2D eigenvalue weighted by molar-refractivity contribution is 9.10. The van der Waals surface area contributed by atoms with Crippen LogP contribution in [-0.2, 0) is 0 Å². The van der Waals surface area contributed by atoms with Crippen molar-refractivity contribution < 1.29 is 9.18 Å². The zero-order valence-electron chi connectivity index (χ0n) is 9.06. The quantitative estimate of drug-likeness (QED) is 0.779.